The molecule has 2 aliphatic rings. The molecule has 3 heterocycles. The van der Waals surface area contributed by atoms with Gasteiger partial charge in [-0.1, -0.05) is 11.3 Å². The quantitative estimate of drug-likeness (QED) is 0.505. The topological polar surface area (TPSA) is 138 Å². The molecule has 2 aliphatic heterocycles. The molecule has 212 valence electrons. The highest BCUT2D eigenvalue weighted by atomic mass is 32.1. The van der Waals surface area contributed by atoms with Gasteiger partial charge in [-0.2, -0.15) is 0 Å². The van der Waals surface area contributed by atoms with Crippen molar-refractivity contribution < 1.29 is 41.8 Å². The van der Waals surface area contributed by atoms with E-state index < -0.39 is 30.0 Å². The molecule has 13 nitrogen and oxygen atoms in total. The van der Waals surface area contributed by atoms with Gasteiger partial charge >= 0.3 is 12.5 Å². The van der Waals surface area contributed by atoms with Crippen molar-refractivity contribution >= 4 is 45.2 Å². The second kappa shape index (κ2) is 12.4. The number of alkyl halides is 3. The minimum Gasteiger partial charge on any atom is -0.453 e. The Labute approximate surface area is 224 Å². The maximum atomic E-state index is 12.9. The van der Waals surface area contributed by atoms with Crippen LogP contribution in [0.15, 0.2) is 18.2 Å². The summed E-state index contributed by atoms with van der Waals surface area (Å²) in [6.07, 6.45) is -5.41. The van der Waals surface area contributed by atoms with Gasteiger partial charge in [0.25, 0.3) is 5.91 Å². The number of piperazine rings is 1. The van der Waals surface area contributed by atoms with Crippen LogP contribution < -0.4 is 20.3 Å². The van der Waals surface area contributed by atoms with Gasteiger partial charge in [0.1, 0.15) is 0 Å². The van der Waals surface area contributed by atoms with Crippen LogP contribution in [0.4, 0.5) is 33.9 Å². The number of benzene rings is 1. The zero-order chi connectivity index (χ0) is 28.0. The molecular weight excluding hydrogens is 547 g/mol. The molecule has 2 fully saturated rings. The fourth-order valence-corrected chi connectivity index (χ4v) is 4.70. The Morgan fingerprint density at radius 1 is 1.05 bits per heavy atom. The molecular formula is C22H26F3N7O6S. The SMILES string of the molecule is COC(=O)N1CCN(c2nnc(NC(=O)c3ccc(OC(F)(F)F)c(NC(=O)CN4CCOCC4)c3)s2)CC1. The van der Waals surface area contributed by atoms with E-state index in [-0.39, 0.29) is 22.9 Å². The number of morpholine rings is 1. The van der Waals surface area contributed by atoms with E-state index in [0.29, 0.717) is 57.6 Å². The molecule has 0 radical (unpaired) electrons. The minimum absolute atomic E-state index is 0.0327. The van der Waals surface area contributed by atoms with Crippen molar-refractivity contribution in [2.45, 2.75) is 6.36 Å². The van der Waals surface area contributed by atoms with Crippen LogP contribution in [0, 0.1) is 0 Å². The lowest BCUT2D eigenvalue weighted by atomic mass is 10.1. The van der Waals surface area contributed by atoms with Crippen LogP contribution in [0.25, 0.3) is 0 Å². The maximum absolute atomic E-state index is 12.9. The summed E-state index contributed by atoms with van der Waals surface area (Å²) in [5, 5.41) is 13.7. The Kier molecular flexibility index (Phi) is 9.03. The second-order valence-corrected chi connectivity index (χ2v) is 9.44. The van der Waals surface area contributed by atoms with E-state index in [1.165, 1.54) is 7.11 Å². The average Bonchev–Trinajstić information content (AvgIpc) is 3.37. The predicted molar refractivity (Wildman–Crippen MR) is 133 cm³/mol. The van der Waals surface area contributed by atoms with Crippen LogP contribution >= 0.6 is 11.3 Å². The number of aromatic nitrogens is 2. The van der Waals surface area contributed by atoms with Gasteiger partial charge in [-0.3, -0.25) is 19.8 Å². The lowest BCUT2D eigenvalue weighted by Crippen LogP contribution is -2.48. The molecule has 1 aromatic carbocycles. The summed E-state index contributed by atoms with van der Waals surface area (Å²) in [4.78, 5) is 42.3. The monoisotopic (exact) mass is 573 g/mol. The molecule has 0 unspecified atom stereocenters. The fraction of sp³-hybridized carbons (Fsp3) is 0.500. The van der Waals surface area contributed by atoms with Gasteiger partial charge < -0.3 is 29.3 Å². The number of nitrogens with one attached hydrogen (secondary N) is 2. The van der Waals surface area contributed by atoms with Gasteiger partial charge in [0.2, 0.25) is 16.2 Å². The van der Waals surface area contributed by atoms with Crippen LogP contribution in [-0.4, -0.2) is 110 Å². The largest absolute Gasteiger partial charge is 0.573 e. The molecule has 2 aromatic rings. The lowest BCUT2D eigenvalue weighted by Gasteiger charge is -2.33. The van der Waals surface area contributed by atoms with E-state index >= 15 is 0 Å². The second-order valence-electron chi connectivity index (χ2n) is 8.48. The number of halogens is 3. The standard InChI is InChI=1S/C22H26F3N7O6S/c1-36-21(35)32-6-4-31(5-7-32)20-29-28-19(39-20)27-18(34)14-2-3-16(38-22(23,24)25)15(12-14)26-17(33)13-30-8-10-37-11-9-30/h2-3,12H,4-11,13H2,1H3,(H,26,33)(H,27,28,34). The first kappa shape index (κ1) is 28.3. The smallest absolute Gasteiger partial charge is 0.453 e. The number of hydrogen-bond donors (Lipinski definition) is 2. The molecule has 0 aliphatic carbocycles. The number of anilines is 3. The number of nitrogens with zero attached hydrogens (tertiary/aromatic N) is 5. The molecule has 2 N–H and O–H groups in total. The Bertz CT molecular complexity index is 1180. The van der Waals surface area contributed by atoms with E-state index in [2.05, 4.69) is 25.6 Å². The van der Waals surface area contributed by atoms with Crippen molar-refractivity contribution in [3.8, 4) is 5.75 Å². The van der Waals surface area contributed by atoms with Crippen molar-refractivity contribution in [2.75, 3.05) is 81.7 Å². The number of amides is 3. The number of ether oxygens (including phenoxy) is 3. The number of carbonyl (C=O) groups excluding carboxylic acids is 3. The van der Waals surface area contributed by atoms with Gasteiger partial charge in [0, 0.05) is 44.8 Å². The van der Waals surface area contributed by atoms with Gasteiger partial charge in [0.15, 0.2) is 5.75 Å². The van der Waals surface area contributed by atoms with Crippen molar-refractivity contribution in [3.05, 3.63) is 23.8 Å². The molecule has 1 aromatic heterocycles. The van der Waals surface area contributed by atoms with Gasteiger partial charge in [-0.15, -0.1) is 23.4 Å². The van der Waals surface area contributed by atoms with E-state index in [0.717, 1.165) is 29.5 Å². The zero-order valence-electron chi connectivity index (χ0n) is 20.8. The number of methoxy groups -OCH3 is 1. The number of hydrogen-bond acceptors (Lipinski definition) is 11. The molecule has 3 amide bonds. The summed E-state index contributed by atoms with van der Waals surface area (Å²) in [6.45, 7) is 3.69. The molecule has 39 heavy (non-hydrogen) atoms. The Balaban J connectivity index is 1.42. The normalized spacial score (nSPS) is 16.5. The third-order valence-corrected chi connectivity index (χ3v) is 6.73. The predicted octanol–water partition coefficient (Wildman–Crippen LogP) is 1.85. The first-order valence-corrected chi connectivity index (χ1v) is 12.7. The van der Waals surface area contributed by atoms with Gasteiger partial charge in [-0.25, -0.2) is 4.79 Å². The summed E-state index contributed by atoms with van der Waals surface area (Å²) in [6, 6.07) is 3.20. The summed E-state index contributed by atoms with van der Waals surface area (Å²) in [5.41, 5.74) is -0.339. The lowest BCUT2D eigenvalue weighted by molar-refractivity contribution is -0.274. The van der Waals surface area contributed by atoms with Crippen LogP contribution in [0.1, 0.15) is 10.4 Å². The highest BCUT2D eigenvalue weighted by Gasteiger charge is 2.33. The minimum atomic E-state index is -5.00. The average molecular weight is 574 g/mol. The van der Waals surface area contributed by atoms with Gasteiger partial charge in [-0.05, 0) is 18.2 Å². The molecule has 2 saturated heterocycles. The summed E-state index contributed by atoms with van der Waals surface area (Å²) >= 11 is 1.10. The van der Waals surface area contributed by atoms with E-state index in [9.17, 15) is 27.6 Å². The van der Waals surface area contributed by atoms with Crippen molar-refractivity contribution in [1.82, 2.24) is 20.0 Å². The molecule has 0 saturated carbocycles. The Morgan fingerprint density at radius 3 is 2.44 bits per heavy atom. The summed E-state index contributed by atoms with van der Waals surface area (Å²) < 4.78 is 52.8. The highest BCUT2D eigenvalue weighted by molar-refractivity contribution is 7.19. The van der Waals surface area contributed by atoms with Gasteiger partial charge in [0.05, 0.1) is 32.6 Å². The molecule has 4 rings (SSSR count). The molecule has 0 atom stereocenters. The van der Waals surface area contributed by atoms with Crippen molar-refractivity contribution in [1.29, 1.82) is 0 Å². The molecule has 17 heteroatoms. The first-order chi connectivity index (χ1) is 18.6. The van der Waals surface area contributed by atoms with Crippen molar-refractivity contribution in [3.63, 3.8) is 0 Å². The summed E-state index contributed by atoms with van der Waals surface area (Å²) in [5.74, 6) is -1.89. The Morgan fingerprint density at radius 2 is 1.77 bits per heavy atom. The van der Waals surface area contributed by atoms with Crippen LogP contribution in [0.3, 0.4) is 0 Å². The third-order valence-electron chi connectivity index (χ3n) is 5.83. The van der Waals surface area contributed by atoms with Crippen LogP contribution in [0.5, 0.6) is 5.75 Å². The van der Waals surface area contributed by atoms with E-state index in [1.54, 1.807) is 9.80 Å². The molecule has 0 spiro atoms. The molecule has 0 bridgehead atoms. The van der Waals surface area contributed by atoms with Crippen LogP contribution in [0.2, 0.25) is 0 Å². The number of carbonyl (C=O) groups is 3. The fourth-order valence-electron chi connectivity index (χ4n) is 3.91. The van der Waals surface area contributed by atoms with Crippen LogP contribution in [-0.2, 0) is 14.3 Å². The zero-order valence-corrected chi connectivity index (χ0v) is 21.6. The number of rotatable bonds is 7. The summed E-state index contributed by atoms with van der Waals surface area (Å²) in [7, 11) is 1.31. The maximum Gasteiger partial charge on any atom is 0.573 e. The van der Waals surface area contributed by atoms with E-state index in [4.69, 9.17) is 9.47 Å². The Hall–Kier alpha value is -3.70. The first-order valence-electron chi connectivity index (χ1n) is 11.8. The third kappa shape index (κ3) is 7.90. The van der Waals surface area contributed by atoms with E-state index in [1.807, 2.05) is 4.90 Å². The highest BCUT2D eigenvalue weighted by Crippen LogP contribution is 2.32. The van der Waals surface area contributed by atoms with Crippen molar-refractivity contribution in [2.24, 2.45) is 0 Å².